The molecule has 12 heteroatoms. The Labute approximate surface area is 211 Å². The smallest absolute Gasteiger partial charge is 0.406 e. The Hall–Kier alpha value is -3.41. The van der Waals surface area contributed by atoms with Crippen molar-refractivity contribution in [2.45, 2.75) is 57.0 Å². The van der Waals surface area contributed by atoms with E-state index in [9.17, 15) is 18.0 Å². The summed E-state index contributed by atoms with van der Waals surface area (Å²) in [6, 6.07) is 6.19. The van der Waals surface area contributed by atoms with Crippen molar-refractivity contribution in [3.8, 4) is 28.5 Å². The van der Waals surface area contributed by atoms with Crippen LogP contribution in [0.4, 0.5) is 13.2 Å². The van der Waals surface area contributed by atoms with Crippen LogP contribution in [0, 0.1) is 0 Å². The summed E-state index contributed by atoms with van der Waals surface area (Å²) in [5, 5.41) is 10.7. The van der Waals surface area contributed by atoms with Crippen LogP contribution in [0.5, 0.6) is 5.75 Å². The van der Waals surface area contributed by atoms with Crippen molar-refractivity contribution < 1.29 is 22.7 Å². The molecule has 0 radical (unpaired) electrons. The van der Waals surface area contributed by atoms with Crippen LogP contribution in [0.3, 0.4) is 0 Å². The van der Waals surface area contributed by atoms with E-state index in [1.54, 1.807) is 0 Å². The number of alkyl halides is 3. The number of nitrogens with one attached hydrogen (secondary N) is 1. The number of carbonyl (C=O) groups excluding carboxylic acids is 1. The number of aromatic amines is 1. The molecule has 1 N–H and O–H groups in total. The third kappa shape index (κ3) is 4.94. The van der Waals surface area contributed by atoms with Gasteiger partial charge in [0, 0.05) is 30.7 Å². The summed E-state index contributed by atoms with van der Waals surface area (Å²) in [6.07, 6.45) is 2.92. The standard InChI is InChI=1S/C25H28F3N7O2/c26-25(27,28)37-19-7-3-16(4-8-19)23-30-21(20-15-29-32-31-20)22(35(23)18-5-6-18)24(36)34-13-9-17(10-14-34)33-11-1-2-12-33/h3-4,7-8,15,17-18H,1-2,5-6,9-14H2,(H,29,31,32). The van der Waals surface area contributed by atoms with Gasteiger partial charge in [0.1, 0.15) is 28.7 Å². The van der Waals surface area contributed by atoms with Gasteiger partial charge in [0.2, 0.25) is 0 Å². The predicted octanol–water partition coefficient (Wildman–Crippen LogP) is 4.27. The van der Waals surface area contributed by atoms with E-state index in [0.717, 1.165) is 38.8 Å². The molecule has 6 rings (SSSR count). The first-order valence-electron chi connectivity index (χ1n) is 12.8. The molecule has 37 heavy (non-hydrogen) atoms. The number of hydrogen-bond donors (Lipinski definition) is 1. The zero-order chi connectivity index (χ0) is 25.6. The summed E-state index contributed by atoms with van der Waals surface area (Å²) in [5.41, 5.74) is 1.94. The Kier molecular flexibility index (Phi) is 6.13. The number of carbonyl (C=O) groups is 1. The number of imidazole rings is 1. The molecular formula is C25H28F3N7O2. The van der Waals surface area contributed by atoms with Crippen LogP contribution >= 0.6 is 0 Å². The Morgan fingerprint density at radius 3 is 2.27 bits per heavy atom. The fourth-order valence-corrected chi connectivity index (χ4v) is 5.52. The molecule has 3 aliphatic rings. The fourth-order valence-electron chi connectivity index (χ4n) is 5.52. The van der Waals surface area contributed by atoms with E-state index in [1.807, 2.05) is 9.47 Å². The van der Waals surface area contributed by atoms with Crippen molar-refractivity contribution in [1.29, 1.82) is 0 Å². The van der Waals surface area contributed by atoms with Crippen LogP contribution in [0.2, 0.25) is 0 Å². The van der Waals surface area contributed by atoms with E-state index in [4.69, 9.17) is 4.98 Å². The second-order valence-corrected chi connectivity index (χ2v) is 9.93. The highest BCUT2D eigenvalue weighted by Gasteiger charge is 2.38. The SMILES string of the molecule is O=C(c1c(-c2cn[nH]n2)nc(-c2ccc(OC(F)(F)F)cc2)n1C1CC1)N1CCC(N2CCCC2)CC1. The Morgan fingerprint density at radius 2 is 1.68 bits per heavy atom. The van der Waals surface area contributed by atoms with E-state index >= 15 is 0 Å². The lowest BCUT2D eigenvalue weighted by Crippen LogP contribution is -2.46. The van der Waals surface area contributed by atoms with Crippen molar-refractivity contribution in [2.24, 2.45) is 0 Å². The molecule has 0 spiro atoms. The molecule has 2 aliphatic heterocycles. The van der Waals surface area contributed by atoms with Crippen LogP contribution in [0.15, 0.2) is 30.5 Å². The number of hydrogen-bond acceptors (Lipinski definition) is 6. The number of H-pyrrole nitrogens is 1. The number of piperidine rings is 1. The highest BCUT2D eigenvalue weighted by atomic mass is 19.4. The number of amides is 1. The van der Waals surface area contributed by atoms with Crippen LogP contribution in [-0.2, 0) is 0 Å². The second-order valence-electron chi connectivity index (χ2n) is 9.93. The first-order valence-corrected chi connectivity index (χ1v) is 12.8. The number of ether oxygens (including phenoxy) is 1. The van der Waals surface area contributed by atoms with Gasteiger partial charge in [0.25, 0.3) is 5.91 Å². The summed E-state index contributed by atoms with van der Waals surface area (Å²) < 4.78 is 43.9. The molecule has 0 atom stereocenters. The monoisotopic (exact) mass is 515 g/mol. The topological polar surface area (TPSA) is 92.2 Å². The van der Waals surface area contributed by atoms with Crippen LogP contribution in [0.25, 0.3) is 22.8 Å². The highest BCUT2D eigenvalue weighted by Crippen LogP contribution is 2.43. The maximum atomic E-state index is 14.0. The maximum absolute atomic E-state index is 14.0. The van der Waals surface area contributed by atoms with Gasteiger partial charge >= 0.3 is 6.36 Å². The molecule has 2 aromatic heterocycles. The van der Waals surface area contributed by atoms with Crippen molar-refractivity contribution >= 4 is 5.91 Å². The lowest BCUT2D eigenvalue weighted by molar-refractivity contribution is -0.274. The van der Waals surface area contributed by atoms with Gasteiger partial charge in [-0.15, -0.1) is 13.2 Å². The Bertz CT molecular complexity index is 1240. The van der Waals surface area contributed by atoms with Gasteiger partial charge in [-0.2, -0.15) is 15.4 Å². The molecule has 1 saturated carbocycles. The molecule has 1 aromatic carbocycles. The number of benzene rings is 1. The van der Waals surface area contributed by atoms with Gasteiger partial charge in [-0.1, -0.05) is 0 Å². The maximum Gasteiger partial charge on any atom is 0.573 e. The van der Waals surface area contributed by atoms with Gasteiger partial charge in [-0.25, -0.2) is 4.98 Å². The number of nitrogens with zero attached hydrogens (tertiary/aromatic N) is 6. The minimum absolute atomic E-state index is 0.0929. The summed E-state index contributed by atoms with van der Waals surface area (Å²) in [4.78, 5) is 23.2. The summed E-state index contributed by atoms with van der Waals surface area (Å²) >= 11 is 0. The largest absolute Gasteiger partial charge is 0.573 e. The van der Waals surface area contributed by atoms with Crippen molar-refractivity contribution in [3.63, 3.8) is 0 Å². The van der Waals surface area contributed by atoms with E-state index in [1.165, 1.54) is 43.3 Å². The molecule has 2 saturated heterocycles. The van der Waals surface area contributed by atoms with Crippen molar-refractivity contribution in [3.05, 3.63) is 36.2 Å². The highest BCUT2D eigenvalue weighted by molar-refractivity contribution is 5.99. The average molecular weight is 516 g/mol. The van der Waals surface area contributed by atoms with Gasteiger partial charge in [0.15, 0.2) is 0 Å². The molecule has 3 fully saturated rings. The molecule has 0 bridgehead atoms. The normalized spacial score (nSPS) is 19.5. The molecule has 4 heterocycles. The number of rotatable bonds is 6. The number of halogens is 3. The fraction of sp³-hybridized carbons (Fsp3) is 0.520. The van der Waals surface area contributed by atoms with Crippen molar-refractivity contribution in [2.75, 3.05) is 26.2 Å². The first-order chi connectivity index (χ1) is 17.9. The number of likely N-dealkylation sites (tertiary alicyclic amines) is 2. The Morgan fingerprint density at radius 1 is 0.973 bits per heavy atom. The second kappa shape index (κ2) is 9.47. The van der Waals surface area contributed by atoms with E-state index in [2.05, 4.69) is 25.0 Å². The quantitative estimate of drug-likeness (QED) is 0.527. The molecule has 3 aromatic rings. The molecular weight excluding hydrogens is 487 g/mol. The lowest BCUT2D eigenvalue weighted by Gasteiger charge is -2.36. The van der Waals surface area contributed by atoms with E-state index in [0.29, 0.717) is 47.6 Å². The minimum Gasteiger partial charge on any atom is -0.406 e. The number of aromatic nitrogens is 5. The lowest BCUT2D eigenvalue weighted by atomic mass is 10.0. The van der Waals surface area contributed by atoms with Gasteiger partial charge < -0.3 is 19.1 Å². The summed E-state index contributed by atoms with van der Waals surface area (Å²) in [5.74, 6) is 0.115. The molecule has 1 amide bonds. The molecule has 1 aliphatic carbocycles. The van der Waals surface area contributed by atoms with Crippen LogP contribution in [0.1, 0.15) is 55.1 Å². The summed E-state index contributed by atoms with van der Waals surface area (Å²) in [6.45, 7) is 3.62. The molecule has 9 nitrogen and oxygen atoms in total. The van der Waals surface area contributed by atoms with Gasteiger partial charge in [-0.3, -0.25) is 4.79 Å². The zero-order valence-electron chi connectivity index (χ0n) is 20.2. The molecule has 0 unspecified atom stereocenters. The van der Waals surface area contributed by atoms with Gasteiger partial charge in [-0.05, 0) is 75.9 Å². The van der Waals surface area contributed by atoms with E-state index in [-0.39, 0.29) is 17.7 Å². The van der Waals surface area contributed by atoms with Crippen LogP contribution < -0.4 is 4.74 Å². The third-order valence-electron chi connectivity index (χ3n) is 7.44. The predicted molar refractivity (Wildman–Crippen MR) is 128 cm³/mol. The van der Waals surface area contributed by atoms with Gasteiger partial charge in [0.05, 0.1) is 6.20 Å². The first kappa shape index (κ1) is 24.0. The summed E-state index contributed by atoms with van der Waals surface area (Å²) in [7, 11) is 0. The van der Waals surface area contributed by atoms with E-state index < -0.39 is 6.36 Å². The Balaban J connectivity index is 1.33. The van der Waals surface area contributed by atoms with Crippen molar-refractivity contribution in [1.82, 2.24) is 34.8 Å². The zero-order valence-corrected chi connectivity index (χ0v) is 20.2. The third-order valence-corrected chi connectivity index (χ3v) is 7.44. The minimum atomic E-state index is -4.77. The van der Waals surface area contributed by atoms with Crippen LogP contribution in [-0.4, -0.2) is 79.3 Å². The molecule has 196 valence electrons. The average Bonchev–Trinajstić information content (AvgIpc) is 3.29.